The maximum atomic E-state index is 10.4. The number of aromatic nitrogens is 4. The van der Waals surface area contributed by atoms with Crippen LogP contribution in [0.4, 0.5) is 5.82 Å². The Morgan fingerprint density at radius 3 is 2.74 bits per heavy atom. The summed E-state index contributed by atoms with van der Waals surface area (Å²) in [6.07, 6.45) is 6.37. The molecule has 0 unspecified atom stereocenters. The average Bonchev–Trinajstić information content (AvgIpc) is 3.27. The van der Waals surface area contributed by atoms with Crippen molar-refractivity contribution in [1.82, 2.24) is 19.7 Å². The molecule has 158 valence electrons. The van der Waals surface area contributed by atoms with E-state index in [-0.39, 0.29) is 11.8 Å². The quantitative estimate of drug-likeness (QED) is 0.404. The van der Waals surface area contributed by atoms with Crippen molar-refractivity contribution >= 4 is 5.82 Å². The molecule has 31 heavy (non-hydrogen) atoms. The highest BCUT2D eigenvalue weighted by atomic mass is 16.3. The highest BCUT2D eigenvalue weighted by Crippen LogP contribution is 2.32. The zero-order valence-electron chi connectivity index (χ0n) is 17.4. The van der Waals surface area contributed by atoms with Crippen LogP contribution in [0.1, 0.15) is 18.9 Å². The van der Waals surface area contributed by atoms with Crippen LogP contribution in [0.25, 0.3) is 22.5 Å². The number of hydrogen-bond donors (Lipinski definition) is 3. The van der Waals surface area contributed by atoms with Gasteiger partial charge in [0.05, 0.1) is 18.3 Å². The standard InChI is InChI=1S/C24H26N6O/c1-2-20(25)14-27-23-10-11-26-24(29-23)21-12-18(8-9-22(21)31)19-13-28-30(16-19)15-17-6-4-3-5-7-17/h3-13,16,20,31H,2,14-15,25H2,1H3,(H,26,27,29)/t20-/m1/s1. The van der Waals surface area contributed by atoms with Gasteiger partial charge in [0.15, 0.2) is 5.82 Å². The number of anilines is 1. The van der Waals surface area contributed by atoms with E-state index in [1.54, 1.807) is 18.3 Å². The highest BCUT2D eigenvalue weighted by molar-refractivity contribution is 5.74. The van der Waals surface area contributed by atoms with E-state index >= 15 is 0 Å². The summed E-state index contributed by atoms with van der Waals surface area (Å²) in [5.41, 5.74) is 9.62. The van der Waals surface area contributed by atoms with E-state index in [1.165, 1.54) is 5.56 Å². The molecule has 2 heterocycles. The van der Waals surface area contributed by atoms with Crippen LogP contribution >= 0.6 is 0 Å². The summed E-state index contributed by atoms with van der Waals surface area (Å²) in [6.45, 7) is 3.37. The van der Waals surface area contributed by atoms with Gasteiger partial charge in [0.2, 0.25) is 0 Å². The summed E-state index contributed by atoms with van der Waals surface area (Å²) in [5, 5.41) is 18.1. The number of phenolic OH excluding ortho intramolecular Hbond substituents is 1. The van der Waals surface area contributed by atoms with Gasteiger partial charge in [-0.1, -0.05) is 43.3 Å². The number of rotatable bonds is 8. The van der Waals surface area contributed by atoms with E-state index in [1.807, 2.05) is 54.3 Å². The maximum Gasteiger partial charge on any atom is 0.165 e. The Bertz CT molecular complexity index is 1140. The second-order valence-corrected chi connectivity index (χ2v) is 7.46. The summed E-state index contributed by atoms with van der Waals surface area (Å²) < 4.78 is 1.90. The number of phenols is 1. The summed E-state index contributed by atoms with van der Waals surface area (Å²) in [6, 6.07) is 17.5. The van der Waals surface area contributed by atoms with E-state index in [2.05, 4.69) is 32.5 Å². The SMILES string of the molecule is CC[C@@H](N)CNc1ccnc(-c2cc(-c3cnn(Cc4ccccc4)c3)ccc2O)n1. The predicted octanol–water partition coefficient (Wildman–Crippen LogP) is 3.91. The smallest absolute Gasteiger partial charge is 0.165 e. The molecule has 0 saturated carbocycles. The van der Waals surface area contributed by atoms with Crippen LogP contribution < -0.4 is 11.1 Å². The van der Waals surface area contributed by atoms with E-state index < -0.39 is 0 Å². The van der Waals surface area contributed by atoms with Gasteiger partial charge in [-0.15, -0.1) is 0 Å². The monoisotopic (exact) mass is 414 g/mol. The molecule has 0 aliphatic heterocycles. The van der Waals surface area contributed by atoms with Crippen molar-refractivity contribution in [1.29, 1.82) is 0 Å². The van der Waals surface area contributed by atoms with Crippen molar-refractivity contribution in [3.05, 3.63) is 78.8 Å². The van der Waals surface area contributed by atoms with Crippen molar-refractivity contribution in [3.63, 3.8) is 0 Å². The molecule has 2 aromatic heterocycles. The van der Waals surface area contributed by atoms with Crippen molar-refractivity contribution in [2.24, 2.45) is 5.73 Å². The van der Waals surface area contributed by atoms with Crippen molar-refractivity contribution in [3.8, 4) is 28.3 Å². The van der Waals surface area contributed by atoms with Crippen molar-refractivity contribution in [2.75, 3.05) is 11.9 Å². The third kappa shape index (κ3) is 5.07. The van der Waals surface area contributed by atoms with Crippen molar-refractivity contribution < 1.29 is 5.11 Å². The molecular formula is C24H26N6O. The Balaban J connectivity index is 1.57. The van der Waals surface area contributed by atoms with Crippen LogP contribution in [0.2, 0.25) is 0 Å². The number of benzene rings is 2. The molecule has 0 amide bonds. The average molecular weight is 415 g/mol. The Labute approximate surface area is 181 Å². The minimum atomic E-state index is 0.0579. The third-order valence-corrected chi connectivity index (χ3v) is 5.12. The fourth-order valence-corrected chi connectivity index (χ4v) is 3.23. The predicted molar refractivity (Wildman–Crippen MR) is 123 cm³/mol. The largest absolute Gasteiger partial charge is 0.507 e. The first-order valence-electron chi connectivity index (χ1n) is 10.3. The molecule has 0 fully saturated rings. The Morgan fingerprint density at radius 2 is 1.94 bits per heavy atom. The van der Waals surface area contributed by atoms with Gasteiger partial charge < -0.3 is 16.2 Å². The van der Waals surface area contributed by atoms with Crippen LogP contribution in [0.5, 0.6) is 5.75 Å². The molecule has 4 aromatic rings. The van der Waals surface area contributed by atoms with Crippen LogP contribution in [0.15, 0.2) is 73.2 Å². The molecule has 7 heteroatoms. The molecule has 0 radical (unpaired) electrons. The first-order chi connectivity index (χ1) is 15.1. The fraction of sp³-hybridized carbons (Fsp3) is 0.208. The second kappa shape index (κ2) is 9.40. The number of hydrogen-bond acceptors (Lipinski definition) is 6. The molecule has 0 spiro atoms. The molecule has 0 aliphatic rings. The second-order valence-electron chi connectivity index (χ2n) is 7.46. The molecule has 0 saturated heterocycles. The van der Waals surface area contributed by atoms with Gasteiger partial charge in [-0.05, 0) is 35.7 Å². The first kappa shape index (κ1) is 20.6. The van der Waals surface area contributed by atoms with E-state index in [4.69, 9.17) is 5.73 Å². The zero-order chi connectivity index (χ0) is 21.6. The number of aromatic hydroxyl groups is 1. The summed E-state index contributed by atoms with van der Waals surface area (Å²) in [5.74, 6) is 1.25. The lowest BCUT2D eigenvalue weighted by Crippen LogP contribution is -2.28. The van der Waals surface area contributed by atoms with Gasteiger partial charge in [0, 0.05) is 30.5 Å². The third-order valence-electron chi connectivity index (χ3n) is 5.12. The molecular weight excluding hydrogens is 388 g/mol. The fourth-order valence-electron chi connectivity index (χ4n) is 3.23. The molecule has 2 aromatic carbocycles. The van der Waals surface area contributed by atoms with Crippen LogP contribution in [-0.4, -0.2) is 37.4 Å². The lowest BCUT2D eigenvalue weighted by Gasteiger charge is -2.12. The Hall–Kier alpha value is -3.71. The van der Waals surface area contributed by atoms with E-state index in [9.17, 15) is 5.11 Å². The number of nitrogens with zero attached hydrogens (tertiary/aromatic N) is 4. The minimum Gasteiger partial charge on any atom is -0.507 e. The first-order valence-corrected chi connectivity index (χ1v) is 10.3. The van der Waals surface area contributed by atoms with Gasteiger partial charge in [0.1, 0.15) is 11.6 Å². The molecule has 0 bridgehead atoms. The topological polar surface area (TPSA) is 102 Å². The molecule has 4 N–H and O–H groups in total. The molecule has 4 rings (SSSR count). The number of nitrogens with two attached hydrogens (primary N) is 1. The van der Waals surface area contributed by atoms with E-state index in [0.717, 1.165) is 17.5 Å². The van der Waals surface area contributed by atoms with Gasteiger partial charge in [-0.25, -0.2) is 9.97 Å². The summed E-state index contributed by atoms with van der Waals surface area (Å²) in [7, 11) is 0. The number of nitrogens with one attached hydrogen (secondary N) is 1. The van der Waals surface area contributed by atoms with Crippen LogP contribution in [0.3, 0.4) is 0 Å². The van der Waals surface area contributed by atoms with Gasteiger partial charge in [-0.3, -0.25) is 4.68 Å². The lowest BCUT2D eigenvalue weighted by atomic mass is 10.0. The van der Waals surface area contributed by atoms with Gasteiger partial charge >= 0.3 is 0 Å². The highest BCUT2D eigenvalue weighted by Gasteiger charge is 2.12. The summed E-state index contributed by atoms with van der Waals surface area (Å²) >= 11 is 0. The lowest BCUT2D eigenvalue weighted by molar-refractivity contribution is 0.477. The Morgan fingerprint density at radius 1 is 1.10 bits per heavy atom. The summed E-state index contributed by atoms with van der Waals surface area (Å²) in [4.78, 5) is 8.90. The molecule has 0 aliphatic carbocycles. The molecule has 1 atom stereocenters. The minimum absolute atomic E-state index is 0.0579. The van der Waals surface area contributed by atoms with E-state index in [0.29, 0.717) is 30.3 Å². The maximum absolute atomic E-state index is 10.4. The van der Waals surface area contributed by atoms with Crippen molar-refractivity contribution in [2.45, 2.75) is 25.9 Å². The Kier molecular flexibility index (Phi) is 6.24. The zero-order valence-corrected chi connectivity index (χ0v) is 17.4. The van der Waals surface area contributed by atoms with Gasteiger partial charge in [0.25, 0.3) is 0 Å². The van der Waals surface area contributed by atoms with Gasteiger partial charge in [-0.2, -0.15) is 5.10 Å². The molecule has 7 nitrogen and oxygen atoms in total. The normalized spacial score (nSPS) is 11.9. The van der Waals surface area contributed by atoms with Crippen LogP contribution in [0, 0.1) is 0 Å². The van der Waals surface area contributed by atoms with Crippen LogP contribution in [-0.2, 0) is 6.54 Å².